The van der Waals surface area contributed by atoms with Crippen molar-refractivity contribution in [3.63, 3.8) is 0 Å². The van der Waals surface area contributed by atoms with Gasteiger partial charge in [-0.2, -0.15) is 0 Å². The monoisotopic (exact) mass is 255 g/mol. The number of para-hydroxylation sites is 1. The molecule has 0 bridgehead atoms. The third-order valence-electron chi connectivity index (χ3n) is 4.13. The van der Waals surface area contributed by atoms with Gasteiger partial charge in [0.15, 0.2) is 0 Å². The van der Waals surface area contributed by atoms with Gasteiger partial charge in [-0.15, -0.1) is 0 Å². The molecule has 1 fully saturated rings. The zero-order chi connectivity index (χ0) is 13.2. The van der Waals surface area contributed by atoms with Crippen molar-refractivity contribution >= 4 is 16.7 Å². The highest BCUT2D eigenvalue weighted by molar-refractivity contribution is 5.80. The lowest BCUT2D eigenvalue weighted by Gasteiger charge is -2.38. The number of benzene rings is 1. The number of anilines is 1. The molecule has 1 aliphatic heterocycles. The number of hydrogen-bond acceptors (Lipinski definition) is 3. The molecule has 1 aromatic heterocycles. The molecule has 0 radical (unpaired) electrons. The molecule has 1 aliphatic rings. The lowest BCUT2D eigenvalue weighted by Crippen LogP contribution is -2.46. The van der Waals surface area contributed by atoms with Crippen molar-refractivity contribution in [2.45, 2.75) is 25.8 Å². The molecule has 3 heteroatoms. The molecule has 3 rings (SSSR count). The van der Waals surface area contributed by atoms with Gasteiger partial charge in [0.05, 0.1) is 5.52 Å². The van der Waals surface area contributed by atoms with Crippen LogP contribution in [0.15, 0.2) is 36.4 Å². The van der Waals surface area contributed by atoms with Crippen LogP contribution < -0.4 is 10.6 Å². The van der Waals surface area contributed by atoms with Crippen molar-refractivity contribution < 1.29 is 0 Å². The molecule has 2 unspecified atom stereocenters. The van der Waals surface area contributed by atoms with Crippen molar-refractivity contribution in [2.75, 3.05) is 18.0 Å². The second kappa shape index (κ2) is 5.17. The van der Waals surface area contributed by atoms with Crippen LogP contribution in [0.5, 0.6) is 0 Å². The third kappa shape index (κ3) is 2.43. The summed E-state index contributed by atoms with van der Waals surface area (Å²) in [5.41, 5.74) is 7.00. The number of fused-ring (bicyclic) bond motifs is 1. The average molecular weight is 255 g/mol. The normalized spacial score (nSPS) is 23.8. The summed E-state index contributed by atoms with van der Waals surface area (Å²) in [6, 6.07) is 13.0. The molecule has 2 N–H and O–H groups in total. The predicted molar refractivity (Wildman–Crippen MR) is 80.3 cm³/mol. The predicted octanol–water partition coefficient (Wildman–Crippen LogP) is 2.80. The number of nitrogens with zero attached hydrogens (tertiary/aromatic N) is 2. The van der Waals surface area contributed by atoms with Crippen LogP contribution in [0.2, 0.25) is 0 Å². The number of aromatic nitrogens is 1. The summed E-state index contributed by atoms with van der Waals surface area (Å²) in [5.74, 6) is 1.84. The second-order valence-corrected chi connectivity index (χ2v) is 5.57. The van der Waals surface area contributed by atoms with Gasteiger partial charge < -0.3 is 10.6 Å². The fourth-order valence-electron chi connectivity index (χ4n) is 2.99. The molecule has 1 saturated heterocycles. The van der Waals surface area contributed by atoms with E-state index < -0.39 is 0 Å². The fraction of sp³-hybridized carbons (Fsp3) is 0.438. The van der Waals surface area contributed by atoms with Crippen LogP contribution >= 0.6 is 0 Å². The molecule has 2 aromatic rings. The maximum atomic E-state index is 5.94. The van der Waals surface area contributed by atoms with Crippen LogP contribution in [-0.2, 0) is 0 Å². The molecule has 2 atom stereocenters. The van der Waals surface area contributed by atoms with E-state index in [0.29, 0.717) is 12.6 Å². The van der Waals surface area contributed by atoms with Crippen LogP contribution in [0.1, 0.15) is 19.8 Å². The smallest absolute Gasteiger partial charge is 0.129 e. The molecule has 19 heavy (non-hydrogen) atoms. The van der Waals surface area contributed by atoms with Crippen LogP contribution in [0, 0.1) is 5.92 Å². The standard InChI is InChI=1S/C16H21N3/c1-12-8-9-19(14(10-12)11-17)16-7-6-13-4-2-3-5-15(13)18-16/h2-7,12,14H,8-11,17H2,1H3. The van der Waals surface area contributed by atoms with E-state index in [1.807, 2.05) is 6.07 Å². The summed E-state index contributed by atoms with van der Waals surface area (Å²) < 4.78 is 0. The van der Waals surface area contributed by atoms with E-state index in [0.717, 1.165) is 23.8 Å². The van der Waals surface area contributed by atoms with E-state index in [1.165, 1.54) is 18.2 Å². The molecule has 0 spiro atoms. The van der Waals surface area contributed by atoms with Gasteiger partial charge in [0.1, 0.15) is 5.82 Å². The Morgan fingerprint density at radius 1 is 1.26 bits per heavy atom. The largest absolute Gasteiger partial charge is 0.352 e. The summed E-state index contributed by atoms with van der Waals surface area (Å²) in [6.45, 7) is 4.08. The van der Waals surface area contributed by atoms with Gasteiger partial charge in [-0.25, -0.2) is 4.98 Å². The summed E-state index contributed by atoms with van der Waals surface area (Å²) >= 11 is 0. The van der Waals surface area contributed by atoms with E-state index in [9.17, 15) is 0 Å². The highest BCUT2D eigenvalue weighted by atomic mass is 15.2. The Labute approximate surface area is 114 Å². The quantitative estimate of drug-likeness (QED) is 0.897. The summed E-state index contributed by atoms with van der Waals surface area (Å²) in [4.78, 5) is 7.17. The maximum Gasteiger partial charge on any atom is 0.129 e. The van der Waals surface area contributed by atoms with Crippen molar-refractivity contribution in [1.29, 1.82) is 0 Å². The van der Waals surface area contributed by atoms with E-state index in [2.05, 4.69) is 42.2 Å². The Kier molecular flexibility index (Phi) is 3.38. The van der Waals surface area contributed by atoms with Crippen molar-refractivity contribution in [2.24, 2.45) is 11.7 Å². The molecule has 1 aromatic carbocycles. The second-order valence-electron chi connectivity index (χ2n) is 5.57. The Balaban J connectivity index is 1.94. The molecule has 3 nitrogen and oxygen atoms in total. The molecular weight excluding hydrogens is 234 g/mol. The van der Waals surface area contributed by atoms with Gasteiger partial charge >= 0.3 is 0 Å². The number of piperidine rings is 1. The molecule has 100 valence electrons. The third-order valence-corrected chi connectivity index (χ3v) is 4.13. The van der Waals surface area contributed by atoms with Crippen LogP contribution in [0.3, 0.4) is 0 Å². The molecule has 2 heterocycles. The van der Waals surface area contributed by atoms with Crippen molar-refractivity contribution in [1.82, 2.24) is 4.98 Å². The van der Waals surface area contributed by atoms with E-state index in [4.69, 9.17) is 10.7 Å². The highest BCUT2D eigenvalue weighted by Gasteiger charge is 2.26. The minimum Gasteiger partial charge on any atom is -0.352 e. The minimum absolute atomic E-state index is 0.428. The fourth-order valence-corrected chi connectivity index (χ4v) is 2.99. The molecule has 0 aliphatic carbocycles. The van der Waals surface area contributed by atoms with Crippen LogP contribution in [0.25, 0.3) is 10.9 Å². The molecular formula is C16H21N3. The first kappa shape index (κ1) is 12.4. The summed E-state index contributed by atoms with van der Waals surface area (Å²) in [7, 11) is 0. The SMILES string of the molecule is CC1CCN(c2ccc3ccccc3n2)C(CN)C1. The average Bonchev–Trinajstić information content (AvgIpc) is 2.46. The lowest BCUT2D eigenvalue weighted by molar-refractivity contribution is 0.365. The van der Waals surface area contributed by atoms with Gasteiger partial charge in [-0.05, 0) is 37.0 Å². The lowest BCUT2D eigenvalue weighted by atomic mass is 9.92. The number of rotatable bonds is 2. The molecule has 0 amide bonds. The Morgan fingerprint density at radius 3 is 2.95 bits per heavy atom. The van der Waals surface area contributed by atoms with E-state index in [-0.39, 0.29) is 0 Å². The zero-order valence-electron chi connectivity index (χ0n) is 11.4. The van der Waals surface area contributed by atoms with Gasteiger partial charge in [-0.1, -0.05) is 25.1 Å². The number of nitrogens with two attached hydrogens (primary N) is 1. The Hall–Kier alpha value is -1.61. The Morgan fingerprint density at radius 2 is 2.11 bits per heavy atom. The summed E-state index contributed by atoms with van der Waals surface area (Å²) in [6.07, 6.45) is 2.40. The molecule has 0 saturated carbocycles. The zero-order valence-corrected chi connectivity index (χ0v) is 11.4. The van der Waals surface area contributed by atoms with Gasteiger partial charge in [0.2, 0.25) is 0 Å². The number of pyridine rings is 1. The summed E-state index contributed by atoms with van der Waals surface area (Å²) in [5, 5.41) is 1.20. The van der Waals surface area contributed by atoms with E-state index >= 15 is 0 Å². The topological polar surface area (TPSA) is 42.2 Å². The highest BCUT2D eigenvalue weighted by Crippen LogP contribution is 2.27. The van der Waals surface area contributed by atoms with Crippen molar-refractivity contribution in [3.05, 3.63) is 36.4 Å². The van der Waals surface area contributed by atoms with Crippen molar-refractivity contribution in [3.8, 4) is 0 Å². The van der Waals surface area contributed by atoms with Gasteiger partial charge in [-0.3, -0.25) is 0 Å². The van der Waals surface area contributed by atoms with Crippen LogP contribution in [0.4, 0.5) is 5.82 Å². The van der Waals surface area contributed by atoms with Gasteiger partial charge in [0, 0.05) is 24.5 Å². The van der Waals surface area contributed by atoms with E-state index in [1.54, 1.807) is 0 Å². The van der Waals surface area contributed by atoms with Crippen LogP contribution in [-0.4, -0.2) is 24.1 Å². The first-order valence-electron chi connectivity index (χ1n) is 7.10. The minimum atomic E-state index is 0.428. The first-order chi connectivity index (χ1) is 9.28. The van der Waals surface area contributed by atoms with Gasteiger partial charge in [0.25, 0.3) is 0 Å². The first-order valence-corrected chi connectivity index (χ1v) is 7.10. The maximum absolute atomic E-state index is 5.94. The Bertz CT molecular complexity index is 567. The number of hydrogen-bond donors (Lipinski definition) is 1.